The maximum atomic E-state index is 12.7. The summed E-state index contributed by atoms with van der Waals surface area (Å²) < 4.78 is 1.56. The quantitative estimate of drug-likeness (QED) is 0.453. The van der Waals surface area contributed by atoms with Crippen molar-refractivity contribution in [3.05, 3.63) is 60.0 Å². The van der Waals surface area contributed by atoms with E-state index in [1.807, 2.05) is 24.3 Å². The third-order valence-corrected chi connectivity index (χ3v) is 5.12. The van der Waals surface area contributed by atoms with E-state index >= 15 is 0 Å². The maximum Gasteiger partial charge on any atom is 0.307 e. The number of carbonyl (C=O) groups is 1. The van der Waals surface area contributed by atoms with E-state index in [1.54, 1.807) is 17.1 Å². The molecule has 0 aliphatic carbocycles. The van der Waals surface area contributed by atoms with Gasteiger partial charge in [0.2, 0.25) is 0 Å². The summed E-state index contributed by atoms with van der Waals surface area (Å²) in [7, 11) is 0. The number of nitrogens with one attached hydrogen (secondary N) is 2. The largest absolute Gasteiger partial charge is 0.391 e. The highest BCUT2D eigenvalue weighted by Gasteiger charge is 2.26. The lowest BCUT2D eigenvalue weighted by Crippen LogP contribution is -2.53. The topological polar surface area (TPSA) is 135 Å². The number of benzene rings is 1. The third-order valence-electron chi connectivity index (χ3n) is 5.12. The first-order valence-electron chi connectivity index (χ1n) is 9.84. The lowest BCUT2D eigenvalue weighted by Gasteiger charge is -2.29. The number of rotatable bonds is 5. The highest BCUT2D eigenvalue weighted by Crippen LogP contribution is 2.25. The monoisotopic (exact) mass is 418 g/mol. The fraction of sp³-hybridized carbons (Fsp3) is 0.286. The summed E-state index contributed by atoms with van der Waals surface area (Å²) in [5.74, 6) is -0.452. The van der Waals surface area contributed by atoms with Gasteiger partial charge in [0.05, 0.1) is 30.2 Å². The lowest BCUT2D eigenvalue weighted by atomic mass is 10.0. The van der Waals surface area contributed by atoms with Crippen LogP contribution in [0.15, 0.2) is 42.9 Å². The average molecular weight is 418 g/mol. The molecule has 5 N–H and O–H groups in total. The van der Waals surface area contributed by atoms with Gasteiger partial charge in [-0.2, -0.15) is 5.10 Å². The predicted octanol–water partition coefficient (Wildman–Crippen LogP) is 0.919. The Hall–Kier alpha value is -3.81. The van der Waals surface area contributed by atoms with Crippen molar-refractivity contribution >= 4 is 11.7 Å². The molecule has 10 nitrogen and oxygen atoms in total. The molecule has 1 fully saturated rings. The number of hydrogen-bond acceptors (Lipinski definition) is 7. The molecule has 2 atom stereocenters. The first-order chi connectivity index (χ1) is 15.0. The van der Waals surface area contributed by atoms with Gasteiger partial charge in [-0.15, -0.1) is 0 Å². The van der Waals surface area contributed by atoms with Gasteiger partial charge in [-0.1, -0.05) is 18.2 Å². The molecular weight excluding hydrogens is 396 g/mol. The van der Waals surface area contributed by atoms with Crippen LogP contribution >= 0.6 is 0 Å². The normalized spacial score (nSPS) is 18.3. The minimum Gasteiger partial charge on any atom is -0.391 e. The van der Waals surface area contributed by atoms with E-state index in [0.717, 1.165) is 16.7 Å². The number of carbonyl (C=O) groups excluding carboxylic acids is 1. The molecule has 0 bridgehead atoms. The van der Waals surface area contributed by atoms with Gasteiger partial charge in [0.15, 0.2) is 11.5 Å². The van der Waals surface area contributed by atoms with Gasteiger partial charge in [-0.25, -0.2) is 21.2 Å². The van der Waals surface area contributed by atoms with Crippen LogP contribution in [0.3, 0.4) is 0 Å². The average Bonchev–Trinajstić information content (AvgIpc) is 3.25. The summed E-state index contributed by atoms with van der Waals surface area (Å²) in [5.41, 5.74) is 8.95. The Labute approximate surface area is 179 Å². The van der Waals surface area contributed by atoms with Gasteiger partial charge in [0.1, 0.15) is 0 Å². The molecule has 1 saturated heterocycles. The fourth-order valence-electron chi connectivity index (χ4n) is 3.45. The molecule has 31 heavy (non-hydrogen) atoms. The summed E-state index contributed by atoms with van der Waals surface area (Å²) in [6, 6.07) is 7.16. The van der Waals surface area contributed by atoms with E-state index in [0.29, 0.717) is 25.2 Å². The summed E-state index contributed by atoms with van der Waals surface area (Å²) in [6.07, 6.45) is 4.95. The number of amides is 1. The van der Waals surface area contributed by atoms with E-state index in [1.165, 1.54) is 6.20 Å². The van der Waals surface area contributed by atoms with Crippen LogP contribution in [0.2, 0.25) is 0 Å². The molecule has 1 aliphatic heterocycles. The number of piperidine rings is 1. The summed E-state index contributed by atoms with van der Waals surface area (Å²) in [4.78, 5) is 24.7. The Morgan fingerprint density at radius 2 is 2.19 bits per heavy atom. The second-order valence-electron chi connectivity index (χ2n) is 7.28. The molecule has 3 aromatic rings. The van der Waals surface area contributed by atoms with Gasteiger partial charge in [-0.05, 0) is 24.6 Å². The van der Waals surface area contributed by atoms with E-state index in [4.69, 9.17) is 12.3 Å². The van der Waals surface area contributed by atoms with Crippen molar-refractivity contribution in [2.75, 3.05) is 18.8 Å². The van der Waals surface area contributed by atoms with Crippen LogP contribution in [-0.4, -0.2) is 56.0 Å². The van der Waals surface area contributed by atoms with Crippen LogP contribution in [0.1, 0.15) is 16.9 Å². The van der Waals surface area contributed by atoms with Crippen molar-refractivity contribution < 1.29 is 9.90 Å². The van der Waals surface area contributed by atoms with Crippen LogP contribution in [-0.2, 0) is 6.67 Å². The number of aliphatic hydroxyl groups is 1. The zero-order chi connectivity index (χ0) is 21.8. The number of aromatic nitrogens is 4. The summed E-state index contributed by atoms with van der Waals surface area (Å²) >= 11 is 0. The second kappa shape index (κ2) is 8.91. The first kappa shape index (κ1) is 20.5. The van der Waals surface area contributed by atoms with Crippen molar-refractivity contribution in [1.82, 2.24) is 30.4 Å². The minimum absolute atomic E-state index is 0.0190. The van der Waals surface area contributed by atoms with Crippen LogP contribution in [0.4, 0.5) is 5.82 Å². The van der Waals surface area contributed by atoms with Crippen molar-refractivity contribution in [1.29, 1.82) is 0 Å². The maximum absolute atomic E-state index is 12.7. The molecule has 2 aromatic heterocycles. The van der Waals surface area contributed by atoms with Gasteiger partial charge in [0.25, 0.3) is 5.91 Å². The van der Waals surface area contributed by atoms with Gasteiger partial charge < -0.3 is 21.5 Å². The number of hydrogen-bond donors (Lipinski definition) is 4. The Balaban J connectivity index is 1.59. The molecule has 1 aromatic carbocycles. The number of aliphatic hydroxyl groups excluding tert-OH is 1. The van der Waals surface area contributed by atoms with Crippen molar-refractivity contribution in [2.24, 2.45) is 0 Å². The highest BCUT2D eigenvalue weighted by atomic mass is 16.3. The Morgan fingerprint density at radius 3 is 3.00 bits per heavy atom. The predicted molar refractivity (Wildman–Crippen MR) is 114 cm³/mol. The molecule has 10 heteroatoms. The number of nitrogens with two attached hydrogens (primary N) is 1. The highest BCUT2D eigenvalue weighted by molar-refractivity contribution is 5.97. The molecule has 1 amide bonds. The second-order valence-corrected chi connectivity index (χ2v) is 7.28. The molecule has 0 radical (unpaired) electrons. The summed E-state index contributed by atoms with van der Waals surface area (Å²) in [6.45, 7) is 8.29. The van der Waals surface area contributed by atoms with Crippen LogP contribution in [0.25, 0.3) is 27.2 Å². The Morgan fingerprint density at radius 1 is 1.35 bits per heavy atom. The van der Waals surface area contributed by atoms with Crippen LogP contribution in [0.5, 0.6) is 0 Å². The molecule has 3 heterocycles. The molecule has 1 aliphatic rings. The number of anilines is 1. The Kier molecular flexibility index (Phi) is 5.88. The minimum atomic E-state index is -0.622. The van der Waals surface area contributed by atoms with E-state index < -0.39 is 18.1 Å². The lowest BCUT2D eigenvalue weighted by molar-refractivity contribution is 0.0751. The number of nitrogens with zero attached hydrogens (tertiary/aromatic N) is 5. The molecule has 0 spiro atoms. The van der Waals surface area contributed by atoms with E-state index in [-0.39, 0.29) is 18.2 Å². The first-order valence-corrected chi connectivity index (χ1v) is 9.84. The third kappa shape index (κ3) is 4.53. The zero-order valence-corrected chi connectivity index (χ0v) is 16.7. The van der Waals surface area contributed by atoms with Crippen molar-refractivity contribution in [3.8, 4) is 22.4 Å². The molecule has 158 valence electrons. The van der Waals surface area contributed by atoms with Crippen LogP contribution in [0, 0.1) is 6.57 Å². The van der Waals surface area contributed by atoms with Gasteiger partial charge in [0, 0.05) is 23.9 Å². The standard InChI is InChI=1S/C21H22N8O2/c1-23-12-29-11-15(8-26-29)13-3-2-4-14(7-13)16-10-25-20(22)19(27-16)21(31)28-17-9-24-6-5-18(17)30/h2-4,7-8,10-11,17-18,24,30H,5-6,9,12H2,(H2,22,25)(H,28,31)/t17-,18-/m1/s1. The Bertz CT molecular complexity index is 1140. The van der Waals surface area contributed by atoms with Crippen LogP contribution < -0.4 is 16.4 Å². The van der Waals surface area contributed by atoms with Gasteiger partial charge in [-0.3, -0.25) is 9.64 Å². The summed E-state index contributed by atoms with van der Waals surface area (Å²) in [5, 5.41) is 20.2. The molecule has 0 unspecified atom stereocenters. The molecule has 4 rings (SSSR count). The SMILES string of the molecule is [C-]#[N+]Cn1cc(-c2cccc(-c3cnc(N)c(C(=O)N[C@@H]4CNCC[C@H]4O)n3)c2)cn1. The van der Waals surface area contributed by atoms with E-state index in [2.05, 4.69) is 30.5 Å². The molecule has 0 saturated carbocycles. The van der Waals surface area contributed by atoms with Crippen molar-refractivity contribution in [2.45, 2.75) is 25.2 Å². The van der Waals surface area contributed by atoms with Crippen molar-refractivity contribution in [3.63, 3.8) is 0 Å². The van der Waals surface area contributed by atoms with Gasteiger partial charge >= 0.3 is 6.67 Å². The zero-order valence-electron chi connectivity index (χ0n) is 16.7. The number of nitrogen functional groups attached to an aromatic ring is 1. The van der Waals surface area contributed by atoms with E-state index in [9.17, 15) is 9.90 Å². The molecular formula is C21H22N8O2. The fourth-order valence-corrected chi connectivity index (χ4v) is 3.45. The smallest absolute Gasteiger partial charge is 0.307 e.